The fraction of sp³-hybridized carbons (Fsp3) is 0.129. The van der Waals surface area contributed by atoms with Crippen LogP contribution in [0.3, 0.4) is 0 Å². The molecule has 5 aromatic rings. The van der Waals surface area contributed by atoms with Gasteiger partial charge >= 0.3 is 16.2 Å². The Morgan fingerprint density at radius 3 is 2.17 bits per heavy atom. The van der Waals surface area contributed by atoms with Gasteiger partial charge in [0.05, 0.1) is 12.6 Å². The minimum absolute atomic E-state index is 0.135. The van der Waals surface area contributed by atoms with Crippen LogP contribution in [0.25, 0.3) is 22.2 Å². The van der Waals surface area contributed by atoms with Crippen LogP contribution in [-0.2, 0) is 21.4 Å². The second-order valence-electron chi connectivity index (χ2n) is 9.49. The first-order chi connectivity index (χ1) is 20.3. The Morgan fingerprint density at radius 2 is 1.50 bits per heavy atom. The minimum atomic E-state index is -4.49. The van der Waals surface area contributed by atoms with Gasteiger partial charge in [0, 0.05) is 30.1 Å². The Bertz CT molecular complexity index is 1810. The molecule has 0 aliphatic rings. The van der Waals surface area contributed by atoms with Gasteiger partial charge in [0.25, 0.3) is 0 Å². The van der Waals surface area contributed by atoms with Gasteiger partial charge in [0.1, 0.15) is 17.5 Å². The van der Waals surface area contributed by atoms with Crippen molar-refractivity contribution in [2.24, 2.45) is 0 Å². The molecule has 0 saturated carbocycles. The SMILES string of the molecule is COc1ccc(N(C)C(=O)[C@H](Cc2ccccc2)NC(=O)NS(=O)(=O)n2nc(-c3ccccc3)c3ccccc32)cc1. The molecule has 1 aromatic heterocycles. The number of methoxy groups -OCH3 is 1. The highest BCUT2D eigenvalue weighted by Gasteiger charge is 2.29. The van der Waals surface area contributed by atoms with Crippen molar-refractivity contribution in [1.29, 1.82) is 0 Å². The summed E-state index contributed by atoms with van der Waals surface area (Å²) in [4.78, 5) is 28.2. The number of nitrogens with one attached hydrogen (secondary N) is 2. The summed E-state index contributed by atoms with van der Waals surface area (Å²) >= 11 is 0. The standard InChI is InChI=1S/C31H29N5O5S/c1-35(24-17-19-25(41-2)20-18-24)30(37)27(21-22-11-5-3-6-12-22)32-31(38)34-42(39,40)36-28-16-10-9-15-26(28)29(33-36)23-13-7-4-8-14-23/h3-20,27H,21H2,1-2H3,(H2,32,34,38)/t27-/m0/s1. The Kier molecular flexibility index (Phi) is 8.21. The molecular formula is C31H29N5O5S. The number of para-hydroxylation sites is 1. The van der Waals surface area contributed by atoms with Crippen LogP contribution >= 0.6 is 0 Å². The molecule has 0 aliphatic carbocycles. The van der Waals surface area contributed by atoms with Gasteiger partial charge in [0.2, 0.25) is 5.91 Å². The first-order valence-electron chi connectivity index (χ1n) is 13.1. The molecule has 0 aliphatic heterocycles. The van der Waals surface area contributed by atoms with Crippen LogP contribution in [0.1, 0.15) is 5.56 Å². The summed E-state index contributed by atoms with van der Waals surface area (Å²) in [5, 5.41) is 7.52. The number of fused-ring (bicyclic) bond motifs is 1. The van der Waals surface area contributed by atoms with Crippen molar-refractivity contribution in [3.63, 3.8) is 0 Å². The number of urea groups is 1. The number of ether oxygens (including phenoxy) is 1. The number of aromatic nitrogens is 2. The molecule has 42 heavy (non-hydrogen) atoms. The molecule has 11 heteroatoms. The second kappa shape index (κ2) is 12.1. The predicted octanol–water partition coefficient (Wildman–Crippen LogP) is 4.38. The van der Waals surface area contributed by atoms with Gasteiger partial charge in [-0.25, -0.2) is 9.52 Å². The van der Waals surface area contributed by atoms with Crippen LogP contribution in [0.15, 0.2) is 109 Å². The Balaban J connectivity index is 1.41. The van der Waals surface area contributed by atoms with Gasteiger partial charge < -0.3 is 15.0 Å². The van der Waals surface area contributed by atoms with Crippen LogP contribution in [-0.4, -0.2) is 49.7 Å². The molecule has 1 atom stereocenters. The topological polar surface area (TPSA) is 123 Å². The fourth-order valence-corrected chi connectivity index (χ4v) is 5.58. The molecule has 0 bridgehead atoms. The zero-order valence-corrected chi connectivity index (χ0v) is 23.8. The minimum Gasteiger partial charge on any atom is -0.497 e. The summed E-state index contributed by atoms with van der Waals surface area (Å²) in [5.74, 6) is 0.192. The quantitative estimate of drug-likeness (QED) is 0.266. The summed E-state index contributed by atoms with van der Waals surface area (Å²) in [5.41, 5.74) is 2.84. The number of anilines is 1. The first kappa shape index (κ1) is 28.4. The van der Waals surface area contributed by atoms with E-state index in [4.69, 9.17) is 4.74 Å². The molecule has 0 fully saturated rings. The summed E-state index contributed by atoms with van der Waals surface area (Å²) < 4.78 is 34.9. The fourth-order valence-electron chi connectivity index (χ4n) is 4.60. The van der Waals surface area contributed by atoms with Crippen LogP contribution in [0.4, 0.5) is 10.5 Å². The van der Waals surface area contributed by atoms with E-state index in [1.807, 2.05) is 65.4 Å². The third-order valence-corrected chi connectivity index (χ3v) is 7.91. The van der Waals surface area contributed by atoms with Crippen molar-refractivity contribution in [2.75, 3.05) is 19.1 Å². The number of carbonyl (C=O) groups is 2. The monoisotopic (exact) mass is 583 g/mol. The molecule has 2 N–H and O–H groups in total. The smallest absolute Gasteiger partial charge is 0.347 e. The number of hydrogen-bond acceptors (Lipinski definition) is 6. The molecule has 3 amide bonds. The van der Waals surface area contributed by atoms with Crippen LogP contribution in [0.5, 0.6) is 5.75 Å². The molecular weight excluding hydrogens is 554 g/mol. The van der Waals surface area contributed by atoms with Crippen molar-refractivity contribution >= 4 is 38.7 Å². The summed E-state index contributed by atoms with van der Waals surface area (Å²) in [6.07, 6.45) is 0.135. The van der Waals surface area contributed by atoms with E-state index in [9.17, 15) is 18.0 Å². The molecule has 0 unspecified atom stereocenters. The Morgan fingerprint density at radius 1 is 0.881 bits per heavy atom. The Hall–Kier alpha value is -5.16. The highest BCUT2D eigenvalue weighted by atomic mass is 32.2. The zero-order valence-electron chi connectivity index (χ0n) is 23.0. The van der Waals surface area contributed by atoms with Gasteiger partial charge in [-0.05, 0) is 35.9 Å². The van der Waals surface area contributed by atoms with Gasteiger partial charge in [0.15, 0.2) is 0 Å². The zero-order chi connectivity index (χ0) is 29.7. The van der Waals surface area contributed by atoms with E-state index in [1.54, 1.807) is 62.7 Å². The highest BCUT2D eigenvalue weighted by Crippen LogP contribution is 2.28. The van der Waals surface area contributed by atoms with Crippen molar-refractivity contribution < 1.29 is 22.7 Å². The number of rotatable bonds is 9. The molecule has 1 heterocycles. The van der Waals surface area contributed by atoms with Crippen LogP contribution < -0.4 is 19.7 Å². The Labute approximate surface area is 243 Å². The number of nitrogens with zero attached hydrogens (tertiary/aromatic N) is 3. The molecule has 5 rings (SSSR count). The second-order valence-corrected chi connectivity index (χ2v) is 11.0. The van der Waals surface area contributed by atoms with E-state index >= 15 is 0 Å². The van der Waals surface area contributed by atoms with Crippen molar-refractivity contribution in [3.05, 3.63) is 115 Å². The number of amides is 3. The van der Waals surface area contributed by atoms with E-state index in [2.05, 4.69) is 10.4 Å². The number of likely N-dealkylation sites (N-methyl/N-ethyl adjacent to an activating group) is 1. The maximum atomic E-state index is 13.6. The van der Waals surface area contributed by atoms with E-state index in [0.29, 0.717) is 28.0 Å². The van der Waals surface area contributed by atoms with E-state index in [1.165, 1.54) is 4.90 Å². The molecule has 0 radical (unpaired) electrons. The largest absolute Gasteiger partial charge is 0.497 e. The van der Waals surface area contributed by atoms with E-state index in [0.717, 1.165) is 15.2 Å². The normalized spacial score (nSPS) is 12.0. The number of carbonyl (C=O) groups excluding carboxylic acids is 2. The summed E-state index contributed by atoms with van der Waals surface area (Å²) in [6.45, 7) is 0. The third kappa shape index (κ3) is 6.11. The lowest BCUT2D eigenvalue weighted by Gasteiger charge is -2.25. The van der Waals surface area contributed by atoms with Crippen LogP contribution in [0.2, 0.25) is 0 Å². The van der Waals surface area contributed by atoms with Crippen molar-refractivity contribution in [2.45, 2.75) is 12.5 Å². The summed E-state index contributed by atoms with van der Waals surface area (Å²) in [7, 11) is -1.36. The van der Waals surface area contributed by atoms with Crippen LogP contribution in [0, 0.1) is 0 Å². The number of hydrogen-bond donors (Lipinski definition) is 2. The number of benzene rings is 4. The van der Waals surface area contributed by atoms with Gasteiger partial charge in [-0.1, -0.05) is 78.9 Å². The lowest BCUT2D eigenvalue weighted by molar-refractivity contribution is -0.120. The lowest BCUT2D eigenvalue weighted by atomic mass is 10.0. The predicted molar refractivity (Wildman–Crippen MR) is 161 cm³/mol. The van der Waals surface area contributed by atoms with Gasteiger partial charge in [-0.15, -0.1) is 4.09 Å². The van der Waals surface area contributed by atoms with E-state index < -0.39 is 28.2 Å². The average molecular weight is 584 g/mol. The molecule has 0 spiro atoms. The van der Waals surface area contributed by atoms with Gasteiger partial charge in [-0.2, -0.15) is 13.5 Å². The maximum absolute atomic E-state index is 13.6. The third-order valence-electron chi connectivity index (χ3n) is 6.73. The maximum Gasteiger partial charge on any atom is 0.347 e. The lowest BCUT2D eigenvalue weighted by Crippen LogP contribution is -2.53. The molecule has 214 valence electrons. The molecule has 4 aromatic carbocycles. The molecule has 0 saturated heterocycles. The summed E-state index contributed by atoms with van der Waals surface area (Å²) in [6, 6.07) is 29.9. The van der Waals surface area contributed by atoms with Crippen molar-refractivity contribution in [3.8, 4) is 17.0 Å². The molecule has 10 nitrogen and oxygen atoms in total. The first-order valence-corrected chi connectivity index (χ1v) is 14.5. The van der Waals surface area contributed by atoms with E-state index in [-0.39, 0.29) is 6.42 Å². The van der Waals surface area contributed by atoms with Gasteiger partial charge in [-0.3, -0.25) is 4.79 Å². The highest BCUT2D eigenvalue weighted by molar-refractivity contribution is 7.88. The van der Waals surface area contributed by atoms with Crippen molar-refractivity contribution in [1.82, 2.24) is 19.2 Å². The average Bonchev–Trinajstić information content (AvgIpc) is 3.42.